The van der Waals surface area contributed by atoms with E-state index in [1.165, 1.54) is 18.2 Å². The van der Waals surface area contributed by atoms with Gasteiger partial charge in [-0.25, -0.2) is 9.69 Å². The Balaban J connectivity index is 2.59. The molecule has 0 unspecified atom stereocenters. The Hall–Kier alpha value is -1.88. The number of benzene rings is 1. The van der Waals surface area contributed by atoms with Crippen molar-refractivity contribution < 1.29 is 19.5 Å². The summed E-state index contributed by atoms with van der Waals surface area (Å²) in [6, 6.07) is 4.01. The van der Waals surface area contributed by atoms with E-state index in [2.05, 4.69) is 0 Å². The van der Waals surface area contributed by atoms with Crippen LogP contribution in [0.25, 0.3) is 0 Å². The number of carbonyl (C=O) groups is 3. The molecule has 1 aromatic carbocycles. The first kappa shape index (κ1) is 13.5. The molecule has 1 aliphatic rings. The zero-order valence-electron chi connectivity index (χ0n) is 10.4. The Labute approximate surface area is 114 Å². The molecular weight excluding hydrogens is 270 g/mol. The number of rotatable bonds is 2. The average molecular weight is 282 g/mol. The fraction of sp³-hybridized carbons (Fsp3) is 0.308. The van der Waals surface area contributed by atoms with Crippen LogP contribution < -0.4 is 4.90 Å². The number of carboxylic acids is 1. The number of amides is 2. The Kier molecular flexibility index (Phi) is 3.10. The van der Waals surface area contributed by atoms with Crippen LogP contribution in [0.5, 0.6) is 0 Å². The Morgan fingerprint density at radius 1 is 1.37 bits per heavy atom. The van der Waals surface area contributed by atoms with Crippen molar-refractivity contribution >= 4 is 35.1 Å². The number of carbonyl (C=O) groups excluding carboxylic acids is 2. The van der Waals surface area contributed by atoms with E-state index >= 15 is 0 Å². The lowest BCUT2D eigenvalue weighted by Crippen LogP contribution is -2.34. The van der Waals surface area contributed by atoms with E-state index < -0.39 is 23.2 Å². The number of imide groups is 1. The van der Waals surface area contributed by atoms with Gasteiger partial charge in [-0.05, 0) is 18.2 Å². The van der Waals surface area contributed by atoms with Gasteiger partial charge >= 0.3 is 5.97 Å². The molecule has 100 valence electrons. The molecule has 0 aliphatic carbocycles. The molecule has 1 N–H and O–H groups in total. The second kappa shape index (κ2) is 4.35. The molecule has 1 heterocycles. The van der Waals surface area contributed by atoms with Gasteiger partial charge < -0.3 is 5.11 Å². The number of aromatic carboxylic acids is 1. The van der Waals surface area contributed by atoms with Crippen LogP contribution in [0.3, 0.4) is 0 Å². The topological polar surface area (TPSA) is 74.7 Å². The van der Waals surface area contributed by atoms with Crippen molar-refractivity contribution in [1.29, 1.82) is 0 Å². The molecule has 1 saturated heterocycles. The lowest BCUT2D eigenvalue weighted by Gasteiger charge is -2.19. The summed E-state index contributed by atoms with van der Waals surface area (Å²) >= 11 is 5.82. The van der Waals surface area contributed by atoms with E-state index in [1.54, 1.807) is 13.8 Å². The Morgan fingerprint density at radius 3 is 2.47 bits per heavy atom. The summed E-state index contributed by atoms with van der Waals surface area (Å²) in [5.74, 6) is -2.04. The zero-order chi connectivity index (χ0) is 14.4. The second-order valence-corrected chi connectivity index (χ2v) is 5.50. The van der Waals surface area contributed by atoms with E-state index in [9.17, 15) is 14.4 Å². The second-order valence-electron chi connectivity index (χ2n) is 5.06. The smallest absolute Gasteiger partial charge is 0.337 e. The fourth-order valence-corrected chi connectivity index (χ4v) is 2.23. The van der Waals surface area contributed by atoms with Crippen LogP contribution in [0.15, 0.2) is 18.2 Å². The first-order valence-electron chi connectivity index (χ1n) is 5.64. The molecule has 1 fully saturated rings. The third-order valence-electron chi connectivity index (χ3n) is 3.06. The Morgan fingerprint density at radius 2 is 2.00 bits per heavy atom. The van der Waals surface area contributed by atoms with Crippen molar-refractivity contribution in [3.05, 3.63) is 28.8 Å². The van der Waals surface area contributed by atoms with Crippen molar-refractivity contribution in [2.75, 3.05) is 4.90 Å². The largest absolute Gasteiger partial charge is 0.478 e. The standard InChI is InChI=1S/C13H12ClNO4/c1-13(2)6-10(16)15(12(13)19)9-5-7(14)3-4-8(9)11(17)18/h3-5H,6H2,1-2H3,(H,17,18). The van der Waals surface area contributed by atoms with Crippen LogP contribution in [0.4, 0.5) is 5.69 Å². The van der Waals surface area contributed by atoms with Gasteiger partial charge in [-0.15, -0.1) is 0 Å². The third kappa shape index (κ3) is 2.21. The fourth-order valence-electron chi connectivity index (χ4n) is 2.06. The highest BCUT2D eigenvalue weighted by Crippen LogP contribution is 2.37. The van der Waals surface area contributed by atoms with Crippen LogP contribution in [0.2, 0.25) is 5.02 Å². The number of carboxylic acid groups (broad SMARTS) is 1. The van der Waals surface area contributed by atoms with E-state index in [0.717, 1.165) is 4.90 Å². The summed E-state index contributed by atoms with van der Waals surface area (Å²) in [5, 5.41) is 9.40. The van der Waals surface area contributed by atoms with Gasteiger partial charge in [0.1, 0.15) is 0 Å². The van der Waals surface area contributed by atoms with Gasteiger partial charge in [-0.2, -0.15) is 0 Å². The number of hydrogen-bond acceptors (Lipinski definition) is 3. The Bertz CT molecular complexity index is 594. The number of hydrogen-bond donors (Lipinski definition) is 1. The van der Waals surface area contributed by atoms with Crippen molar-refractivity contribution in [2.24, 2.45) is 5.41 Å². The minimum absolute atomic E-state index is 0.0283. The van der Waals surface area contributed by atoms with E-state index in [1.807, 2.05) is 0 Å². The predicted octanol–water partition coefficient (Wildman–Crippen LogP) is 2.33. The molecule has 0 saturated carbocycles. The average Bonchev–Trinajstić information content (AvgIpc) is 2.47. The molecule has 19 heavy (non-hydrogen) atoms. The molecule has 6 heteroatoms. The van der Waals surface area contributed by atoms with E-state index in [0.29, 0.717) is 0 Å². The highest BCUT2D eigenvalue weighted by atomic mass is 35.5. The monoisotopic (exact) mass is 281 g/mol. The van der Waals surface area contributed by atoms with Gasteiger partial charge in [0.2, 0.25) is 11.8 Å². The summed E-state index contributed by atoms with van der Waals surface area (Å²) in [5.41, 5.74) is -0.917. The lowest BCUT2D eigenvalue weighted by molar-refractivity contribution is -0.124. The predicted molar refractivity (Wildman–Crippen MR) is 69.3 cm³/mol. The van der Waals surface area contributed by atoms with E-state index in [4.69, 9.17) is 16.7 Å². The van der Waals surface area contributed by atoms with Crippen molar-refractivity contribution in [1.82, 2.24) is 0 Å². The minimum atomic E-state index is -1.21. The van der Waals surface area contributed by atoms with Gasteiger partial charge in [-0.3, -0.25) is 9.59 Å². The first-order valence-corrected chi connectivity index (χ1v) is 6.02. The summed E-state index contributed by atoms with van der Waals surface area (Å²) < 4.78 is 0. The summed E-state index contributed by atoms with van der Waals surface area (Å²) in [6.07, 6.45) is 0.0530. The molecule has 1 aromatic rings. The van der Waals surface area contributed by atoms with Gasteiger partial charge in [-0.1, -0.05) is 25.4 Å². The number of anilines is 1. The number of halogens is 1. The molecular formula is C13H12ClNO4. The third-order valence-corrected chi connectivity index (χ3v) is 3.29. The normalized spacial score (nSPS) is 17.9. The zero-order valence-corrected chi connectivity index (χ0v) is 11.2. The maximum atomic E-state index is 12.2. The van der Waals surface area contributed by atoms with Crippen LogP contribution in [0, 0.1) is 5.41 Å². The lowest BCUT2D eigenvalue weighted by atomic mass is 9.92. The molecule has 0 atom stereocenters. The summed E-state index contributed by atoms with van der Waals surface area (Å²) in [4.78, 5) is 36.2. The van der Waals surface area contributed by atoms with Crippen molar-refractivity contribution in [3.63, 3.8) is 0 Å². The SMILES string of the molecule is CC1(C)CC(=O)N(c2cc(Cl)ccc2C(=O)O)C1=O. The summed E-state index contributed by atoms with van der Waals surface area (Å²) in [6.45, 7) is 3.30. The van der Waals surface area contributed by atoms with Crippen LogP contribution in [-0.2, 0) is 9.59 Å². The number of nitrogens with zero attached hydrogens (tertiary/aromatic N) is 1. The highest BCUT2D eigenvalue weighted by molar-refractivity contribution is 6.32. The van der Waals surface area contributed by atoms with E-state index in [-0.39, 0.29) is 22.7 Å². The van der Waals surface area contributed by atoms with Crippen molar-refractivity contribution in [2.45, 2.75) is 20.3 Å². The highest BCUT2D eigenvalue weighted by Gasteiger charge is 2.46. The summed E-state index contributed by atoms with van der Waals surface area (Å²) in [7, 11) is 0. The molecule has 5 nitrogen and oxygen atoms in total. The first-order chi connectivity index (χ1) is 8.74. The molecule has 2 amide bonds. The molecule has 0 bridgehead atoms. The van der Waals surface area contributed by atoms with Crippen LogP contribution in [0.1, 0.15) is 30.6 Å². The van der Waals surface area contributed by atoms with Crippen LogP contribution in [-0.4, -0.2) is 22.9 Å². The van der Waals surface area contributed by atoms with Gasteiger partial charge in [0.15, 0.2) is 0 Å². The van der Waals surface area contributed by atoms with Crippen LogP contribution >= 0.6 is 11.6 Å². The van der Waals surface area contributed by atoms with Gasteiger partial charge in [0.05, 0.1) is 16.7 Å². The quantitative estimate of drug-likeness (QED) is 0.844. The maximum absolute atomic E-state index is 12.2. The molecule has 0 aromatic heterocycles. The van der Waals surface area contributed by atoms with Crippen molar-refractivity contribution in [3.8, 4) is 0 Å². The van der Waals surface area contributed by atoms with Gasteiger partial charge in [0, 0.05) is 11.4 Å². The maximum Gasteiger partial charge on any atom is 0.337 e. The minimum Gasteiger partial charge on any atom is -0.478 e. The molecule has 0 radical (unpaired) electrons. The van der Waals surface area contributed by atoms with Gasteiger partial charge in [0.25, 0.3) is 0 Å². The molecule has 1 aliphatic heterocycles. The molecule has 2 rings (SSSR count). The molecule has 0 spiro atoms.